The highest BCUT2D eigenvalue weighted by atomic mass is 31.2. The van der Waals surface area contributed by atoms with Crippen LogP contribution in [-0.4, -0.2) is 70.0 Å². The maximum atomic E-state index is 12.8. The molecule has 66 heavy (non-hydrogen) atoms. The van der Waals surface area contributed by atoms with Crippen molar-refractivity contribution in [2.24, 2.45) is 0 Å². The molecule has 0 aromatic carbocycles. The fourth-order valence-corrected chi connectivity index (χ4v) is 9.09. The number of likely N-dealkylation sites (N-methyl/N-ethyl adjacent to an activating group) is 1. The summed E-state index contributed by atoms with van der Waals surface area (Å²) in [5.74, 6) is -0.815. The number of quaternary nitrogens is 1. The number of carbonyl (C=O) groups excluding carboxylic acids is 2. The van der Waals surface area contributed by atoms with Crippen LogP contribution in [0.2, 0.25) is 0 Å². The minimum Gasteiger partial charge on any atom is -0.756 e. The van der Waals surface area contributed by atoms with Gasteiger partial charge in [-0.25, -0.2) is 0 Å². The number of esters is 2. The van der Waals surface area contributed by atoms with Crippen molar-refractivity contribution < 1.29 is 42.1 Å². The normalized spacial score (nSPS) is 13.4. The molecule has 9 nitrogen and oxygen atoms in total. The van der Waals surface area contributed by atoms with Crippen molar-refractivity contribution in [1.82, 2.24) is 0 Å². The van der Waals surface area contributed by atoms with Gasteiger partial charge in [0.1, 0.15) is 19.8 Å². The number of phosphoric ester groups is 1. The van der Waals surface area contributed by atoms with Crippen molar-refractivity contribution in [3.8, 4) is 0 Å². The second kappa shape index (κ2) is 48.8. The molecule has 0 radical (unpaired) electrons. The van der Waals surface area contributed by atoms with E-state index >= 15 is 0 Å². The maximum absolute atomic E-state index is 12.8. The molecule has 0 saturated heterocycles. The maximum Gasteiger partial charge on any atom is 0.306 e. The van der Waals surface area contributed by atoms with Gasteiger partial charge in [0, 0.05) is 12.8 Å². The van der Waals surface area contributed by atoms with Gasteiger partial charge in [0.25, 0.3) is 7.82 Å². The van der Waals surface area contributed by atoms with Crippen LogP contribution in [0.1, 0.15) is 284 Å². The highest BCUT2D eigenvalue weighted by Gasteiger charge is 2.22. The summed E-state index contributed by atoms with van der Waals surface area (Å²) in [5.41, 5.74) is 0. The average Bonchev–Trinajstić information content (AvgIpc) is 3.27. The highest BCUT2D eigenvalue weighted by Crippen LogP contribution is 2.38. The van der Waals surface area contributed by atoms with Gasteiger partial charge in [-0.1, -0.05) is 244 Å². The van der Waals surface area contributed by atoms with Crippen molar-refractivity contribution in [2.75, 3.05) is 47.5 Å². The fourth-order valence-electron chi connectivity index (χ4n) is 8.36. The molecule has 0 saturated carbocycles. The van der Waals surface area contributed by atoms with E-state index in [4.69, 9.17) is 18.5 Å². The van der Waals surface area contributed by atoms with Gasteiger partial charge < -0.3 is 27.9 Å². The lowest BCUT2D eigenvalue weighted by molar-refractivity contribution is -0.870. The summed E-state index contributed by atoms with van der Waals surface area (Å²) in [6, 6.07) is 0. The minimum absolute atomic E-state index is 0.0266. The molecule has 0 spiro atoms. The molecule has 0 amide bonds. The van der Waals surface area contributed by atoms with Gasteiger partial charge in [-0.15, -0.1) is 0 Å². The smallest absolute Gasteiger partial charge is 0.306 e. The van der Waals surface area contributed by atoms with Gasteiger partial charge in [-0.05, 0) is 38.5 Å². The lowest BCUT2D eigenvalue weighted by Gasteiger charge is -2.28. The Bertz CT molecular complexity index is 1130. The molecule has 0 aromatic heterocycles. The second-order valence-corrected chi connectivity index (χ2v) is 22.1. The summed E-state index contributed by atoms with van der Waals surface area (Å²) < 4.78 is 34.1. The summed E-state index contributed by atoms with van der Waals surface area (Å²) in [6.07, 6.45) is 55.4. The number of nitrogens with zero attached hydrogens (tertiary/aromatic N) is 1. The van der Waals surface area contributed by atoms with Crippen molar-refractivity contribution >= 4 is 19.8 Å². The summed E-state index contributed by atoms with van der Waals surface area (Å²) in [4.78, 5) is 37.8. The summed E-state index contributed by atoms with van der Waals surface area (Å²) >= 11 is 0. The summed E-state index contributed by atoms with van der Waals surface area (Å²) in [6.45, 7) is 4.29. The highest BCUT2D eigenvalue weighted by molar-refractivity contribution is 7.45. The molecule has 0 rings (SSSR count). The Labute approximate surface area is 409 Å². The van der Waals surface area contributed by atoms with Crippen LogP contribution in [0.4, 0.5) is 0 Å². The quantitative estimate of drug-likeness (QED) is 0.0195. The van der Waals surface area contributed by atoms with E-state index in [1.165, 1.54) is 218 Å². The van der Waals surface area contributed by atoms with Crippen molar-refractivity contribution in [3.63, 3.8) is 0 Å². The average molecular weight is 956 g/mol. The number of hydrogen-bond acceptors (Lipinski definition) is 8. The number of carbonyl (C=O) groups is 2. The molecule has 0 aliphatic carbocycles. The van der Waals surface area contributed by atoms with E-state index in [0.717, 1.165) is 32.1 Å². The van der Waals surface area contributed by atoms with Crippen LogP contribution in [0, 0.1) is 0 Å². The Kier molecular flexibility index (Phi) is 47.8. The Morgan fingerprint density at radius 3 is 1.12 bits per heavy atom. The summed E-state index contributed by atoms with van der Waals surface area (Å²) in [5, 5.41) is 0. The molecule has 0 aliphatic heterocycles. The zero-order valence-corrected chi connectivity index (χ0v) is 45.3. The van der Waals surface area contributed by atoms with Gasteiger partial charge >= 0.3 is 11.9 Å². The molecule has 392 valence electrons. The molecule has 0 N–H and O–H groups in total. The standard InChI is InChI=1S/C56H110NO8P/c1-6-8-10-12-14-16-18-20-22-23-24-25-26-27-28-29-30-31-32-33-35-37-39-41-43-45-47-49-56(59)65-54(53-64-66(60,61)63-51-50-57(3,4)5)52-62-55(58)48-46-44-42-40-38-36-34-21-19-17-15-13-11-9-7-2/h23-24,54H,6-22,25-53H2,1-5H3/b24-23-. The second-order valence-electron chi connectivity index (χ2n) is 20.7. The van der Waals surface area contributed by atoms with Crippen LogP contribution >= 0.6 is 7.82 Å². The van der Waals surface area contributed by atoms with Gasteiger partial charge in [0.2, 0.25) is 0 Å². The van der Waals surface area contributed by atoms with Crippen LogP contribution in [0.3, 0.4) is 0 Å². The molecular weight excluding hydrogens is 846 g/mol. The molecule has 0 heterocycles. The number of phosphoric acid groups is 1. The number of ether oxygens (including phenoxy) is 2. The molecule has 0 aromatic rings. The lowest BCUT2D eigenvalue weighted by Crippen LogP contribution is -2.37. The first kappa shape index (κ1) is 64.8. The third kappa shape index (κ3) is 52.1. The molecule has 0 fully saturated rings. The minimum atomic E-state index is -4.63. The van der Waals surface area contributed by atoms with E-state index < -0.39 is 26.5 Å². The Balaban J connectivity index is 4.08. The van der Waals surface area contributed by atoms with E-state index in [-0.39, 0.29) is 32.0 Å². The third-order valence-corrected chi connectivity index (χ3v) is 13.7. The van der Waals surface area contributed by atoms with Crippen molar-refractivity contribution in [1.29, 1.82) is 0 Å². The lowest BCUT2D eigenvalue weighted by atomic mass is 10.0. The number of unbranched alkanes of at least 4 members (excludes halogenated alkanes) is 37. The van der Waals surface area contributed by atoms with Crippen LogP contribution in [0.25, 0.3) is 0 Å². The zero-order chi connectivity index (χ0) is 48.5. The molecule has 10 heteroatoms. The van der Waals surface area contributed by atoms with E-state index in [1.54, 1.807) is 0 Å². The van der Waals surface area contributed by atoms with Crippen molar-refractivity contribution in [3.05, 3.63) is 12.2 Å². The Hall–Kier alpha value is -1.25. The third-order valence-electron chi connectivity index (χ3n) is 12.8. The van der Waals surface area contributed by atoms with E-state index in [1.807, 2.05) is 21.1 Å². The van der Waals surface area contributed by atoms with Crippen LogP contribution in [0.5, 0.6) is 0 Å². The first-order valence-electron chi connectivity index (χ1n) is 28.4. The first-order chi connectivity index (χ1) is 32.0. The van der Waals surface area contributed by atoms with E-state index in [2.05, 4.69) is 26.0 Å². The van der Waals surface area contributed by atoms with Gasteiger partial charge in [-0.2, -0.15) is 0 Å². The summed E-state index contributed by atoms with van der Waals surface area (Å²) in [7, 11) is 1.18. The molecule has 0 aliphatic rings. The van der Waals surface area contributed by atoms with Crippen LogP contribution in [0.15, 0.2) is 12.2 Å². The Morgan fingerprint density at radius 1 is 0.455 bits per heavy atom. The Morgan fingerprint density at radius 2 is 0.773 bits per heavy atom. The van der Waals surface area contributed by atoms with Crippen molar-refractivity contribution in [2.45, 2.75) is 290 Å². The van der Waals surface area contributed by atoms with E-state index in [9.17, 15) is 19.0 Å². The topological polar surface area (TPSA) is 111 Å². The number of hydrogen-bond donors (Lipinski definition) is 0. The molecule has 2 unspecified atom stereocenters. The number of rotatable bonds is 53. The number of allylic oxidation sites excluding steroid dienone is 2. The van der Waals surface area contributed by atoms with Gasteiger partial charge in [-0.3, -0.25) is 14.2 Å². The fraction of sp³-hybridized carbons (Fsp3) is 0.929. The predicted molar refractivity (Wildman–Crippen MR) is 278 cm³/mol. The molecule has 0 bridgehead atoms. The van der Waals surface area contributed by atoms with Crippen LogP contribution in [-0.2, 0) is 32.7 Å². The largest absolute Gasteiger partial charge is 0.756 e. The van der Waals surface area contributed by atoms with E-state index in [0.29, 0.717) is 17.4 Å². The van der Waals surface area contributed by atoms with Gasteiger partial charge in [0.05, 0.1) is 27.7 Å². The van der Waals surface area contributed by atoms with Crippen LogP contribution < -0.4 is 4.89 Å². The van der Waals surface area contributed by atoms with Gasteiger partial charge in [0.15, 0.2) is 6.10 Å². The molecule has 2 atom stereocenters. The predicted octanol–water partition coefficient (Wildman–Crippen LogP) is 16.6. The molecular formula is C56H110NO8P. The first-order valence-corrected chi connectivity index (χ1v) is 29.9. The monoisotopic (exact) mass is 956 g/mol. The zero-order valence-electron chi connectivity index (χ0n) is 44.4. The SMILES string of the molecule is CCCCCCCCCC/C=C\CCCCCCCCCCCCCCCCCC(=O)OC(COC(=O)CCCCCCCCCCCCCCCCC)COP(=O)([O-])OCC[N+](C)(C)C.